The first kappa shape index (κ1) is 16.0. The predicted molar refractivity (Wildman–Crippen MR) is 86.2 cm³/mol. The van der Waals surface area contributed by atoms with Crippen molar-refractivity contribution < 1.29 is 19.1 Å². The molecule has 2 atom stereocenters. The molecule has 6 nitrogen and oxygen atoms in total. The third-order valence-electron chi connectivity index (χ3n) is 3.85. The van der Waals surface area contributed by atoms with Crippen LogP contribution in [-0.4, -0.2) is 41.8 Å². The highest BCUT2D eigenvalue weighted by atomic mass is 32.1. The number of furan rings is 1. The van der Waals surface area contributed by atoms with Crippen LogP contribution in [0.3, 0.4) is 0 Å². The number of aliphatic hydroxyl groups excluding tert-OH is 1. The lowest BCUT2D eigenvalue weighted by atomic mass is 10.1. The molecule has 0 spiro atoms. The summed E-state index contributed by atoms with van der Waals surface area (Å²) in [6.45, 7) is 1.97. The van der Waals surface area contributed by atoms with Crippen LogP contribution in [0.2, 0.25) is 0 Å². The van der Waals surface area contributed by atoms with Crippen molar-refractivity contribution in [3.63, 3.8) is 0 Å². The second kappa shape index (κ2) is 7.63. The smallest absolute Gasteiger partial charge is 0.318 e. The number of thiophene rings is 1. The maximum atomic E-state index is 12.4. The third kappa shape index (κ3) is 4.13. The number of rotatable bonds is 5. The normalized spacial score (nSPS) is 19.5. The second-order valence-electron chi connectivity index (χ2n) is 5.43. The van der Waals surface area contributed by atoms with Gasteiger partial charge in [0.25, 0.3) is 0 Å². The molecule has 2 unspecified atom stereocenters. The van der Waals surface area contributed by atoms with Gasteiger partial charge in [-0.2, -0.15) is 0 Å². The minimum absolute atomic E-state index is 0.127. The van der Waals surface area contributed by atoms with E-state index in [0.29, 0.717) is 38.5 Å². The summed E-state index contributed by atoms with van der Waals surface area (Å²) in [6.07, 6.45) is 1.17. The number of carbonyl (C=O) groups is 1. The SMILES string of the molecule is O=C(NCc1cccs1)N1CCOCC1CC(O)c1ccco1. The Bertz CT molecular complexity index is 600. The van der Waals surface area contributed by atoms with Crippen LogP contribution in [0.1, 0.15) is 23.2 Å². The van der Waals surface area contributed by atoms with Gasteiger partial charge in [0, 0.05) is 17.8 Å². The molecule has 1 aliphatic rings. The van der Waals surface area contributed by atoms with Crippen molar-refractivity contribution in [3.05, 3.63) is 46.5 Å². The molecule has 2 aromatic heterocycles. The van der Waals surface area contributed by atoms with Crippen molar-refractivity contribution in [1.82, 2.24) is 10.2 Å². The van der Waals surface area contributed by atoms with Gasteiger partial charge in [-0.1, -0.05) is 6.07 Å². The van der Waals surface area contributed by atoms with Crippen LogP contribution < -0.4 is 5.32 Å². The molecule has 0 aromatic carbocycles. The topological polar surface area (TPSA) is 74.9 Å². The number of aliphatic hydroxyl groups is 1. The molecule has 1 aliphatic heterocycles. The van der Waals surface area contributed by atoms with Crippen LogP contribution >= 0.6 is 11.3 Å². The van der Waals surface area contributed by atoms with Gasteiger partial charge in [0.2, 0.25) is 0 Å². The van der Waals surface area contributed by atoms with E-state index in [4.69, 9.17) is 9.15 Å². The fraction of sp³-hybridized carbons (Fsp3) is 0.438. The van der Waals surface area contributed by atoms with Crippen LogP contribution in [0.25, 0.3) is 0 Å². The number of amides is 2. The van der Waals surface area contributed by atoms with E-state index in [9.17, 15) is 9.90 Å². The minimum Gasteiger partial charge on any atom is -0.467 e. The lowest BCUT2D eigenvalue weighted by molar-refractivity contribution is -0.00973. The molecule has 3 rings (SSSR count). The molecule has 3 heterocycles. The summed E-state index contributed by atoms with van der Waals surface area (Å²) in [5.41, 5.74) is 0. The van der Waals surface area contributed by atoms with E-state index < -0.39 is 6.10 Å². The van der Waals surface area contributed by atoms with Crippen LogP contribution in [0, 0.1) is 0 Å². The summed E-state index contributed by atoms with van der Waals surface area (Å²) in [4.78, 5) is 15.3. The molecule has 2 aromatic rings. The lowest BCUT2D eigenvalue weighted by Gasteiger charge is -2.36. The number of ether oxygens (including phenoxy) is 1. The zero-order valence-corrected chi connectivity index (χ0v) is 13.5. The highest BCUT2D eigenvalue weighted by molar-refractivity contribution is 7.09. The fourth-order valence-electron chi connectivity index (χ4n) is 2.65. The number of carbonyl (C=O) groups excluding carboxylic acids is 1. The molecule has 2 amide bonds. The maximum Gasteiger partial charge on any atom is 0.318 e. The standard InChI is InChI=1S/C16H20N2O4S/c19-14(15-4-1-6-22-15)9-12-11-21-7-5-18(12)16(20)17-10-13-3-2-8-23-13/h1-4,6,8,12,14,19H,5,7,9-11H2,(H,17,20). The van der Waals surface area contributed by atoms with Gasteiger partial charge in [-0.05, 0) is 23.6 Å². The fourth-order valence-corrected chi connectivity index (χ4v) is 3.29. The second-order valence-corrected chi connectivity index (χ2v) is 6.46. The summed E-state index contributed by atoms with van der Waals surface area (Å²) in [5, 5.41) is 15.1. The molecule has 1 saturated heterocycles. The van der Waals surface area contributed by atoms with Crippen molar-refractivity contribution in [1.29, 1.82) is 0 Å². The van der Waals surface area contributed by atoms with E-state index in [-0.39, 0.29) is 12.1 Å². The Hall–Kier alpha value is -1.83. The number of urea groups is 1. The van der Waals surface area contributed by atoms with Crippen LogP contribution in [0.4, 0.5) is 4.79 Å². The Kier molecular flexibility index (Phi) is 5.32. The number of hydrogen-bond donors (Lipinski definition) is 2. The molecule has 0 radical (unpaired) electrons. The van der Waals surface area contributed by atoms with Crippen molar-refractivity contribution in [3.8, 4) is 0 Å². The van der Waals surface area contributed by atoms with E-state index >= 15 is 0 Å². The Morgan fingerprint density at radius 2 is 2.39 bits per heavy atom. The van der Waals surface area contributed by atoms with E-state index in [1.165, 1.54) is 6.26 Å². The Balaban J connectivity index is 1.58. The van der Waals surface area contributed by atoms with E-state index in [1.54, 1.807) is 28.4 Å². The average molecular weight is 336 g/mol. The number of morpholine rings is 1. The first-order valence-corrected chi connectivity index (χ1v) is 8.48. The lowest BCUT2D eigenvalue weighted by Crippen LogP contribution is -2.52. The number of hydrogen-bond acceptors (Lipinski definition) is 5. The van der Waals surface area contributed by atoms with Gasteiger partial charge >= 0.3 is 6.03 Å². The van der Waals surface area contributed by atoms with Gasteiger partial charge in [-0.25, -0.2) is 4.79 Å². The Morgan fingerprint density at radius 1 is 1.48 bits per heavy atom. The predicted octanol–water partition coefficient (Wildman–Crippen LogP) is 2.38. The van der Waals surface area contributed by atoms with Crippen molar-refractivity contribution in [2.24, 2.45) is 0 Å². The average Bonchev–Trinajstić information content (AvgIpc) is 3.26. The third-order valence-corrected chi connectivity index (χ3v) is 4.73. The molecule has 23 heavy (non-hydrogen) atoms. The zero-order valence-electron chi connectivity index (χ0n) is 12.7. The van der Waals surface area contributed by atoms with Gasteiger partial charge in [-0.3, -0.25) is 0 Å². The highest BCUT2D eigenvalue weighted by Crippen LogP contribution is 2.23. The van der Waals surface area contributed by atoms with E-state index in [0.717, 1.165) is 4.88 Å². The molecule has 2 N–H and O–H groups in total. The highest BCUT2D eigenvalue weighted by Gasteiger charge is 2.30. The summed E-state index contributed by atoms with van der Waals surface area (Å²) >= 11 is 1.61. The molecule has 0 saturated carbocycles. The molecular weight excluding hydrogens is 316 g/mol. The Labute approximate surface area is 138 Å². The minimum atomic E-state index is -0.746. The Morgan fingerprint density at radius 3 is 3.13 bits per heavy atom. The number of nitrogens with one attached hydrogen (secondary N) is 1. The van der Waals surface area contributed by atoms with Gasteiger partial charge in [0.05, 0.1) is 32.1 Å². The quantitative estimate of drug-likeness (QED) is 0.879. The van der Waals surface area contributed by atoms with Gasteiger partial charge < -0.3 is 24.5 Å². The summed E-state index contributed by atoms with van der Waals surface area (Å²) in [5.74, 6) is 0.509. The number of nitrogens with zero attached hydrogens (tertiary/aromatic N) is 1. The van der Waals surface area contributed by atoms with Gasteiger partial charge in [-0.15, -0.1) is 11.3 Å². The first-order valence-electron chi connectivity index (χ1n) is 7.60. The van der Waals surface area contributed by atoms with Crippen LogP contribution in [-0.2, 0) is 11.3 Å². The van der Waals surface area contributed by atoms with Crippen molar-refractivity contribution in [2.45, 2.75) is 25.1 Å². The molecular formula is C16H20N2O4S. The summed E-state index contributed by atoms with van der Waals surface area (Å²) < 4.78 is 10.7. The van der Waals surface area contributed by atoms with E-state index in [2.05, 4.69) is 5.32 Å². The van der Waals surface area contributed by atoms with Crippen LogP contribution in [0.15, 0.2) is 40.3 Å². The van der Waals surface area contributed by atoms with Crippen molar-refractivity contribution in [2.75, 3.05) is 19.8 Å². The monoisotopic (exact) mass is 336 g/mol. The molecule has 7 heteroatoms. The van der Waals surface area contributed by atoms with Gasteiger partial charge in [0.15, 0.2) is 0 Å². The van der Waals surface area contributed by atoms with Crippen molar-refractivity contribution >= 4 is 17.4 Å². The maximum absolute atomic E-state index is 12.4. The van der Waals surface area contributed by atoms with Crippen LogP contribution in [0.5, 0.6) is 0 Å². The zero-order chi connectivity index (χ0) is 16.1. The van der Waals surface area contributed by atoms with E-state index in [1.807, 2.05) is 17.5 Å². The molecule has 0 aliphatic carbocycles. The summed E-state index contributed by atoms with van der Waals surface area (Å²) in [7, 11) is 0. The molecule has 0 bridgehead atoms. The largest absolute Gasteiger partial charge is 0.467 e. The molecule has 124 valence electrons. The van der Waals surface area contributed by atoms with Gasteiger partial charge in [0.1, 0.15) is 11.9 Å². The molecule has 1 fully saturated rings. The summed E-state index contributed by atoms with van der Waals surface area (Å²) in [6, 6.07) is 7.12. The first-order chi connectivity index (χ1) is 11.2.